The summed E-state index contributed by atoms with van der Waals surface area (Å²) in [6.07, 6.45) is -1.03. The molecule has 0 atom stereocenters. The van der Waals surface area contributed by atoms with E-state index in [0.717, 1.165) is 23.4 Å². The van der Waals surface area contributed by atoms with Gasteiger partial charge < -0.3 is 14.4 Å². The molecule has 0 amide bonds. The van der Waals surface area contributed by atoms with Crippen LogP contribution in [-0.2, 0) is 22.5 Å². The van der Waals surface area contributed by atoms with E-state index >= 15 is 0 Å². The molecule has 1 spiro atoms. The van der Waals surface area contributed by atoms with Crippen molar-refractivity contribution in [3.8, 4) is 0 Å². The first-order valence-electron chi connectivity index (χ1n) is 10.8. The summed E-state index contributed by atoms with van der Waals surface area (Å²) >= 11 is 3.08. The predicted octanol–water partition coefficient (Wildman–Crippen LogP) is 4.35. The number of nitrogens with zero attached hydrogens (tertiary/aromatic N) is 3. The molecule has 2 fully saturated rings. The molecule has 2 aromatic rings. The molecule has 0 aliphatic carbocycles. The minimum absolute atomic E-state index is 0.0409. The topological polar surface area (TPSA) is 69.5 Å². The Hall–Kier alpha value is -1.75. The molecule has 0 radical (unpaired) electrons. The minimum Gasteiger partial charge on any atom is -0.344 e. The molecule has 0 bridgehead atoms. The lowest BCUT2D eigenvalue weighted by Gasteiger charge is -2.49. The fourth-order valence-electron chi connectivity index (χ4n) is 4.30. The molecule has 6 nitrogen and oxygen atoms in total. The number of hydrogen-bond acceptors (Lipinski definition) is 7. The lowest BCUT2D eigenvalue weighted by atomic mass is 9.89. The lowest BCUT2D eigenvalue weighted by Crippen LogP contribution is -2.62. The monoisotopic (exact) mass is 482 g/mol. The fourth-order valence-corrected chi connectivity index (χ4v) is 6.06. The molecule has 0 unspecified atom stereocenters. The van der Waals surface area contributed by atoms with Gasteiger partial charge in [-0.05, 0) is 29.9 Å². The summed E-state index contributed by atoms with van der Waals surface area (Å²) < 4.78 is 34.5. The van der Waals surface area contributed by atoms with E-state index < -0.39 is 18.3 Å². The van der Waals surface area contributed by atoms with Crippen molar-refractivity contribution in [2.45, 2.75) is 57.3 Å². The summed E-state index contributed by atoms with van der Waals surface area (Å²) in [5.74, 6) is 0.278. The third-order valence-electron chi connectivity index (χ3n) is 5.97. The Morgan fingerprint density at radius 2 is 2.03 bits per heavy atom. The zero-order valence-electron chi connectivity index (χ0n) is 18.3. The van der Waals surface area contributed by atoms with Crippen LogP contribution in [0.2, 0.25) is 0 Å². The van der Waals surface area contributed by atoms with E-state index in [1.54, 1.807) is 16.7 Å². The maximum absolute atomic E-state index is 14.6. The number of alkyl halides is 2. The van der Waals surface area contributed by atoms with Gasteiger partial charge in [-0.2, -0.15) is 8.78 Å². The Bertz CT molecular complexity index is 967. The number of piperidine rings is 1. The number of amidine groups is 1. The van der Waals surface area contributed by atoms with Crippen LogP contribution in [0.15, 0.2) is 16.8 Å². The van der Waals surface area contributed by atoms with Crippen LogP contribution in [-0.4, -0.2) is 64.8 Å². The predicted molar refractivity (Wildman–Crippen MR) is 122 cm³/mol. The number of hydrogen-bond donors (Lipinski definition) is 1. The molecule has 10 heteroatoms. The molecule has 0 saturated carbocycles. The maximum atomic E-state index is 14.6. The maximum Gasteiger partial charge on any atom is 0.373 e. The van der Waals surface area contributed by atoms with Crippen molar-refractivity contribution in [2.24, 2.45) is 0 Å². The average molecular weight is 483 g/mol. The van der Waals surface area contributed by atoms with Gasteiger partial charge in [0.25, 0.3) is 0 Å². The van der Waals surface area contributed by atoms with Gasteiger partial charge in [0.05, 0.1) is 10.6 Å². The van der Waals surface area contributed by atoms with E-state index in [0.29, 0.717) is 38.0 Å². The van der Waals surface area contributed by atoms with E-state index in [1.807, 2.05) is 25.3 Å². The molecule has 174 valence electrons. The van der Waals surface area contributed by atoms with Crippen LogP contribution < -0.4 is 0 Å². The van der Waals surface area contributed by atoms with Gasteiger partial charge in [0.15, 0.2) is 0 Å². The number of thiazole rings is 1. The number of carbonyl (C=O) groups excluding carboxylic acids is 1. The first kappa shape index (κ1) is 23.4. The van der Waals surface area contributed by atoms with Crippen molar-refractivity contribution in [3.63, 3.8) is 0 Å². The van der Waals surface area contributed by atoms with Gasteiger partial charge in [0.1, 0.15) is 24.4 Å². The molecule has 2 aliphatic heterocycles. The van der Waals surface area contributed by atoms with E-state index in [4.69, 9.17) is 10.1 Å². The van der Waals surface area contributed by atoms with Crippen LogP contribution in [0.5, 0.6) is 0 Å². The highest BCUT2D eigenvalue weighted by atomic mass is 32.1. The van der Waals surface area contributed by atoms with Gasteiger partial charge in [-0.3, -0.25) is 10.3 Å². The highest BCUT2D eigenvalue weighted by Gasteiger charge is 2.51. The number of aldehydes is 1. The van der Waals surface area contributed by atoms with Gasteiger partial charge >= 0.3 is 6.11 Å². The second-order valence-electron chi connectivity index (χ2n) is 8.92. The van der Waals surface area contributed by atoms with E-state index in [9.17, 15) is 13.6 Å². The number of halogens is 2. The first-order chi connectivity index (χ1) is 15.2. The van der Waals surface area contributed by atoms with E-state index in [1.165, 1.54) is 21.1 Å². The number of aromatic nitrogens is 1. The number of ether oxygens (including phenoxy) is 1. The molecule has 1 N–H and O–H groups in total. The zero-order valence-corrected chi connectivity index (χ0v) is 19.9. The van der Waals surface area contributed by atoms with Crippen molar-refractivity contribution in [3.05, 3.63) is 38.0 Å². The highest BCUT2D eigenvalue weighted by Crippen LogP contribution is 2.39. The van der Waals surface area contributed by atoms with Crippen LogP contribution in [0, 0.1) is 5.41 Å². The van der Waals surface area contributed by atoms with Gasteiger partial charge in [0.2, 0.25) is 0 Å². The fraction of sp³-hybridized carbons (Fsp3) is 0.591. The summed E-state index contributed by atoms with van der Waals surface area (Å²) in [6, 6.07) is 2.04. The Balaban J connectivity index is 1.41. The van der Waals surface area contributed by atoms with Crippen LogP contribution in [0.3, 0.4) is 0 Å². The van der Waals surface area contributed by atoms with Gasteiger partial charge in [-0.25, -0.2) is 4.98 Å². The Morgan fingerprint density at radius 1 is 1.28 bits per heavy atom. The summed E-state index contributed by atoms with van der Waals surface area (Å²) in [7, 11) is 0. The largest absolute Gasteiger partial charge is 0.373 e. The second kappa shape index (κ2) is 9.24. The molecule has 4 heterocycles. The summed E-state index contributed by atoms with van der Waals surface area (Å²) in [6.45, 7) is 5.73. The normalized spacial score (nSPS) is 20.7. The number of thiophene rings is 1. The van der Waals surface area contributed by atoms with Gasteiger partial charge in [-0.1, -0.05) is 13.8 Å². The van der Waals surface area contributed by atoms with Crippen molar-refractivity contribution in [1.29, 1.82) is 5.41 Å². The molecule has 2 aliphatic rings. The molecular formula is C22H28F2N4O2S2. The van der Waals surface area contributed by atoms with Crippen molar-refractivity contribution < 1.29 is 18.3 Å². The number of likely N-dealkylation sites (tertiary alicyclic amines) is 1. The quantitative estimate of drug-likeness (QED) is 0.377. The third-order valence-corrected chi connectivity index (χ3v) is 8.08. The number of rotatable bonds is 6. The smallest absolute Gasteiger partial charge is 0.344 e. The van der Waals surface area contributed by atoms with E-state index in [2.05, 4.69) is 9.88 Å². The molecule has 4 rings (SSSR count). The molecule has 0 aromatic carbocycles. The Morgan fingerprint density at radius 3 is 2.69 bits per heavy atom. The SMILES string of the molecule is CC(C)c1nc(C(=N)N2CC(F)(F)OC3(CCN(Cc4cc(CC=O)cs4)CC3)C2)cs1. The molecular weight excluding hydrogens is 454 g/mol. The Kier molecular flexibility index (Phi) is 6.76. The van der Waals surface area contributed by atoms with Crippen LogP contribution in [0.4, 0.5) is 8.78 Å². The van der Waals surface area contributed by atoms with Gasteiger partial charge in [-0.15, -0.1) is 22.7 Å². The van der Waals surface area contributed by atoms with Crippen LogP contribution in [0.25, 0.3) is 0 Å². The van der Waals surface area contributed by atoms with Crippen molar-refractivity contribution in [2.75, 3.05) is 26.2 Å². The highest BCUT2D eigenvalue weighted by molar-refractivity contribution is 7.10. The number of morpholine rings is 1. The Labute approximate surface area is 194 Å². The molecule has 32 heavy (non-hydrogen) atoms. The minimum atomic E-state index is -3.30. The number of nitrogens with one attached hydrogen (secondary N) is 1. The van der Waals surface area contributed by atoms with Gasteiger partial charge in [0, 0.05) is 48.8 Å². The molecule has 2 saturated heterocycles. The summed E-state index contributed by atoms with van der Waals surface area (Å²) in [5, 5.41) is 13.2. The average Bonchev–Trinajstić information content (AvgIpc) is 3.38. The zero-order chi connectivity index (χ0) is 22.9. The van der Waals surface area contributed by atoms with Crippen molar-refractivity contribution >= 4 is 34.8 Å². The standard InChI is InChI=1S/C22H28F2N4O2S2/c1-15(2)20-26-18(12-32-20)19(25)28-13-21(30-22(23,24)14-28)4-6-27(7-5-21)10-17-9-16(3-8-29)11-31-17/h8-9,11-12,15,25H,3-7,10,13-14H2,1-2H3. The summed E-state index contributed by atoms with van der Waals surface area (Å²) in [5.41, 5.74) is 0.493. The lowest BCUT2D eigenvalue weighted by molar-refractivity contribution is -0.330. The van der Waals surface area contributed by atoms with Crippen LogP contribution >= 0.6 is 22.7 Å². The van der Waals surface area contributed by atoms with Crippen LogP contribution in [0.1, 0.15) is 53.7 Å². The number of carbonyl (C=O) groups is 1. The molecule has 2 aromatic heterocycles. The first-order valence-corrected chi connectivity index (χ1v) is 12.5. The third kappa shape index (κ3) is 5.24. The second-order valence-corrected chi connectivity index (χ2v) is 10.8. The van der Waals surface area contributed by atoms with Crippen molar-refractivity contribution in [1.82, 2.24) is 14.8 Å². The summed E-state index contributed by atoms with van der Waals surface area (Å²) in [4.78, 5) is 20.0. The van der Waals surface area contributed by atoms with E-state index in [-0.39, 0.29) is 18.3 Å².